The van der Waals surface area contributed by atoms with E-state index in [1.165, 1.54) is 19.3 Å². The van der Waals surface area contributed by atoms with E-state index >= 15 is 0 Å². The molecule has 0 amide bonds. The zero-order valence-electron chi connectivity index (χ0n) is 8.43. The normalized spacial score (nSPS) is 39.5. The molecule has 0 radical (unpaired) electrons. The zero-order chi connectivity index (χ0) is 8.43. The molecule has 0 bridgehead atoms. The van der Waals surface area contributed by atoms with E-state index < -0.39 is 0 Å². The van der Waals surface area contributed by atoms with Gasteiger partial charge >= 0.3 is 0 Å². The molecule has 0 aromatic rings. The minimum absolute atomic E-state index is 0.900. The smallest absolute Gasteiger partial charge is 0.0365 e. The van der Waals surface area contributed by atoms with Gasteiger partial charge in [-0.05, 0) is 36.5 Å². The highest BCUT2D eigenvalue weighted by Gasteiger charge is 2.26. The van der Waals surface area contributed by atoms with Gasteiger partial charge in [-0.1, -0.05) is 34.1 Å². The molecule has 3 atom stereocenters. The predicted octanol–water partition coefficient (Wildman–Crippen LogP) is 3.71. The van der Waals surface area contributed by atoms with Gasteiger partial charge in [0.1, 0.15) is 0 Å². The second-order valence-electron chi connectivity index (χ2n) is 4.80. The standard InChI is InChI=1S/C11H22/c1-8(2)11-6-5-9(3)7-10(11)4/h8-11H,5-7H2,1-4H3/t9-,10?,11+/m0/s1. The first-order chi connectivity index (χ1) is 5.11. The minimum Gasteiger partial charge on any atom is -0.0625 e. The van der Waals surface area contributed by atoms with Crippen LogP contribution in [0.4, 0.5) is 0 Å². The molecular weight excluding hydrogens is 132 g/mol. The molecule has 0 nitrogen and oxygen atoms in total. The van der Waals surface area contributed by atoms with Crippen molar-refractivity contribution in [1.82, 2.24) is 0 Å². The summed E-state index contributed by atoms with van der Waals surface area (Å²) in [5.74, 6) is 3.86. The molecule has 11 heavy (non-hydrogen) atoms. The molecule has 66 valence electrons. The van der Waals surface area contributed by atoms with Gasteiger partial charge in [0.15, 0.2) is 0 Å². The highest BCUT2D eigenvalue weighted by molar-refractivity contribution is 4.77. The van der Waals surface area contributed by atoms with Crippen molar-refractivity contribution in [3.8, 4) is 0 Å². The van der Waals surface area contributed by atoms with E-state index in [1.807, 2.05) is 0 Å². The van der Waals surface area contributed by atoms with Crippen LogP contribution in [-0.4, -0.2) is 0 Å². The Hall–Kier alpha value is 0. The Labute approximate surface area is 71.4 Å². The largest absolute Gasteiger partial charge is 0.0625 e. The maximum Gasteiger partial charge on any atom is -0.0365 e. The average Bonchev–Trinajstić information content (AvgIpc) is 1.85. The monoisotopic (exact) mass is 154 g/mol. The molecule has 0 spiro atoms. The van der Waals surface area contributed by atoms with Crippen LogP contribution >= 0.6 is 0 Å². The molecule has 1 unspecified atom stereocenters. The summed E-state index contributed by atoms with van der Waals surface area (Å²) in [7, 11) is 0. The Bertz CT molecular complexity index is 115. The van der Waals surface area contributed by atoms with Gasteiger partial charge in [0, 0.05) is 0 Å². The third-order valence-corrected chi connectivity index (χ3v) is 3.35. The minimum atomic E-state index is 0.900. The fraction of sp³-hybridized carbons (Fsp3) is 1.00. The molecule has 0 heteroatoms. The first-order valence-corrected chi connectivity index (χ1v) is 5.11. The van der Waals surface area contributed by atoms with Crippen LogP contribution in [0.3, 0.4) is 0 Å². The second-order valence-corrected chi connectivity index (χ2v) is 4.80. The molecule has 0 N–H and O–H groups in total. The van der Waals surface area contributed by atoms with Crippen molar-refractivity contribution in [3.63, 3.8) is 0 Å². The zero-order valence-corrected chi connectivity index (χ0v) is 8.43. The van der Waals surface area contributed by atoms with E-state index in [-0.39, 0.29) is 0 Å². The Kier molecular flexibility index (Phi) is 2.98. The molecule has 1 rings (SSSR count). The van der Waals surface area contributed by atoms with Gasteiger partial charge in [-0.2, -0.15) is 0 Å². The molecule has 0 heterocycles. The van der Waals surface area contributed by atoms with Gasteiger partial charge < -0.3 is 0 Å². The summed E-state index contributed by atoms with van der Waals surface area (Å²) in [5.41, 5.74) is 0. The van der Waals surface area contributed by atoms with Gasteiger partial charge in [0.2, 0.25) is 0 Å². The van der Waals surface area contributed by atoms with Crippen molar-refractivity contribution in [2.75, 3.05) is 0 Å². The lowest BCUT2D eigenvalue weighted by molar-refractivity contribution is 0.158. The summed E-state index contributed by atoms with van der Waals surface area (Å²) in [6.07, 6.45) is 4.40. The van der Waals surface area contributed by atoms with Crippen molar-refractivity contribution in [2.45, 2.75) is 47.0 Å². The molecular formula is C11H22. The predicted molar refractivity (Wildman–Crippen MR) is 50.5 cm³/mol. The molecule has 0 aliphatic heterocycles. The van der Waals surface area contributed by atoms with Crippen LogP contribution in [0.15, 0.2) is 0 Å². The highest BCUT2D eigenvalue weighted by Crippen LogP contribution is 2.37. The lowest BCUT2D eigenvalue weighted by Gasteiger charge is -2.35. The van der Waals surface area contributed by atoms with Crippen LogP contribution in [0.5, 0.6) is 0 Å². The third kappa shape index (κ3) is 2.21. The molecule has 0 aromatic carbocycles. The van der Waals surface area contributed by atoms with Gasteiger partial charge in [-0.3, -0.25) is 0 Å². The van der Waals surface area contributed by atoms with Crippen molar-refractivity contribution >= 4 is 0 Å². The van der Waals surface area contributed by atoms with E-state index in [9.17, 15) is 0 Å². The lowest BCUT2D eigenvalue weighted by atomic mass is 9.71. The quantitative estimate of drug-likeness (QED) is 0.540. The van der Waals surface area contributed by atoms with Crippen LogP contribution < -0.4 is 0 Å². The summed E-state index contributed by atoms with van der Waals surface area (Å²) >= 11 is 0. The van der Waals surface area contributed by atoms with Crippen LogP contribution in [-0.2, 0) is 0 Å². The SMILES string of the molecule is CC(C)[C@H]1CC[C@H](C)CC1C. The van der Waals surface area contributed by atoms with E-state index in [4.69, 9.17) is 0 Å². The average molecular weight is 154 g/mol. The molecule has 1 saturated carbocycles. The topological polar surface area (TPSA) is 0 Å². The fourth-order valence-corrected chi connectivity index (χ4v) is 2.68. The Morgan fingerprint density at radius 1 is 1.09 bits per heavy atom. The van der Waals surface area contributed by atoms with E-state index in [0.29, 0.717) is 0 Å². The van der Waals surface area contributed by atoms with Crippen LogP contribution in [0.2, 0.25) is 0 Å². The van der Waals surface area contributed by atoms with Gasteiger partial charge in [0.05, 0.1) is 0 Å². The number of hydrogen-bond donors (Lipinski definition) is 0. The van der Waals surface area contributed by atoms with E-state index in [0.717, 1.165) is 23.7 Å². The molecule has 1 aliphatic carbocycles. The molecule has 1 aliphatic rings. The highest BCUT2D eigenvalue weighted by atomic mass is 14.3. The first kappa shape index (κ1) is 9.09. The summed E-state index contributed by atoms with van der Waals surface area (Å²) in [5, 5.41) is 0. The fourth-order valence-electron chi connectivity index (χ4n) is 2.68. The Balaban J connectivity index is 2.44. The summed E-state index contributed by atoms with van der Waals surface area (Å²) in [6, 6.07) is 0. The second kappa shape index (κ2) is 3.60. The van der Waals surface area contributed by atoms with Crippen molar-refractivity contribution in [1.29, 1.82) is 0 Å². The van der Waals surface area contributed by atoms with Crippen LogP contribution in [0.1, 0.15) is 47.0 Å². The lowest BCUT2D eigenvalue weighted by Crippen LogP contribution is -2.25. The summed E-state index contributed by atoms with van der Waals surface area (Å²) < 4.78 is 0. The summed E-state index contributed by atoms with van der Waals surface area (Å²) in [4.78, 5) is 0. The maximum absolute atomic E-state index is 2.43. The van der Waals surface area contributed by atoms with Crippen molar-refractivity contribution in [2.24, 2.45) is 23.7 Å². The Morgan fingerprint density at radius 2 is 1.73 bits per heavy atom. The number of rotatable bonds is 1. The van der Waals surface area contributed by atoms with Gasteiger partial charge in [-0.25, -0.2) is 0 Å². The Morgan fingerprint density at radius 3 is 2.18 bits per heavy atom. The van der Waals surface area contributed by atoms with Crippen molar-refractivity contribution < 1.29 is 0 Å². The maximum atomic E-state index is 2.43. The van der Waals surface area contributed by atoms with Crippen molar-refractivity contribution in [3.05, 3.63) is 0 Å². The van der Waals surface area contributed by atoms with Gasteiger partial charge in [-0.15, -0.1) is 0 Å². The van der Waals surface area contributed by atoms with Crippen LogP contribution in [0, 0.1) is 23.7 Å². The summed E-state index contributed by atoms with van der Waals surface area (Å²) in [6.45, 7) is 9.57. The molecule has 0 aromatic heterocycles. The van der Waals surface area contributed by atoms with E-state index in [1.54, 1.807) is 0 Å². The van der Waals surface area contributed by atoms with Crippen LogP contribution in [0.25, 0.3) is 0 Å². The van der Waals surface area contributed by atoms with Gasteiger partial charge in [0.25, 0.3) is 0 Å². The molecule has 0 saturated heterocycles. The number of hydrogen-bond acceptors (Lipinski definition) is 0. The van der Waals surface area contributed by atoms with E-state index in [2.05, 4.69) is 27.7 Å². The third-order valence-electron chi connectivity index (χ3n) is 3.35. The first-order valence-electron chi connectivity index (χ1n) is 5.11. The molecule has 1 fully saturated rings.